The van der Waals surface area contributed by atoms with Gasteiger partial charge in [0.1, 0.15) is 11.8 Å². The summed E-state index contributed by atoms with van der Waals surface area (Å²) in [5.74, 6) is 1.40. The molecule has 1 aliphatic heterocycles. The molecule has 0 spiro atoms. The minimum Gasteiger partial charge on any atom is -0.496 e. The lowest BCUT2D eigenvalue weighted by Crippen LogP contribution is -2.40. The van der Waals surface area contributed by atoms with Crippen LogP contribution >= 0.6 is 11.3 Å². The average molecular weight is 525 g/mol. The van der Waals surface area contributed by atoms with Crippen molar-refractivity contribution < 1.29 is 28.5 Å². The fourth-order valence-electron chi connectivity index (χ4n) is 4.31. The van der Waals surface area contributed by atoms with E-state index < -0.39 is 12.0 Å². The Kier molecular flexibility index (Phi) is 7.68. The fourth-order valence-corrected chi connectivity index (χ4v) is 5.36. The molecule has 0 amide bonds. The van der Waals surface area contributed by atoms with E-state index in [-0.39, 0.29) is 17.7 Å². The van der Waals surface area contributed by atoms with Crippen LogP contribution in [0.4, 0.5) is 0 Å². The summed E-state index contributed by atoms with van der Waals surface area (Å²) in [5.41, 5.74) is 1.80. The number of methoxy groups -OCH3 is 4. The van der Waals surface area contributed by atoms with Crippen molar-refractivity contribution in [2.45, 2.75) is 19.9 Å². The van der Waals surface area contributed by atoms with Gasteiger partial charge < -0.3 is 23.7 Å². The molecule has 0 N–H and O–H groups in total. The Balaban J connectivity index is 1.98. The standard InChI is InChI=1S/C27H28N2O7S/c1-7-36-26(31)22-15(2)28-27-29(23(22)17-10-8-9-11-18(17)32-3)25(30)21(37-27)14-16-12-19(33-4)24(35-6)20(13-16)34-5/h8-14,23H,7H2,1-6H3/b21-14-/t23-/m0/s1. The number of para-hydroxylation sites is 1. The van der Waals surface area contributed by atoms with Crippen molar-refractivity contribution in [3.05, 3.63) is 78.5 Å². The lowest BCUT2D eigenvalue weighted by atomic mass is 9.95. The fraction of sp³-hybridized carbons (Fsp3) is 0.296. The maximum absolute atomic E-state index is 13.8. The topological polar surface area (TPSA) is 97.6 Å². The van der Waals surface area contributed by atoms with Gasteiger partial charge in [-0.05, 0) is 43.7 Å². The van der Waals surface area contributed by atoms with Gasteiger partial charge in [0.05, 0.1) is 50.8 Å². The third kappa shape index (κ3) is 4.72. The Labute approximate surface area is 217 Å². The predicted octanol–water partition coefficient (Wildman–Crippen LogP) is 2.83. The molecular formula is C27H28N2O7S. The van der Waals surface area contributed by atoms with Crippen molar-refractivity contribution in [2.75, 3.05) is 35.0 Å². The van der Waals surface area contributed by atoms with Crippen LogP contribution in [0.2, 0.25) is 0 Å². The van der Waals surface area contributed by atoms with E-state index in [0.29, 0.717) is 49.2 Å². The molecule has 37 heavy (non-hydrogen) atoms. The van der Waals surface area contributed by atoms with Gasteiger partial charge in [0.2, 0.25) is 5.75 Å². The first-order valence-electron chi connectivity index (χ1n) is 11.5. The number of carbonyl (C=O) groups is 1. The second-order valence-corrected chi connectivity index (χ2v) is 9.01. The molecule has 1 aromatic heterocycles. The van der Waals surface area contributed by atoms with Gasteiger partial charge in [0, 0.05) is 5.56 Å². The molecule has 0 unspecified atom stereocenters. The van der Waals surface area contributed by atoms with Crippen LogP contribution in [0.5, 0.6) is 23.0 Å². The molecule has 3 aromatic rings. The van der Waals surface area contributed by atoms with Crippen molar-refractivity contribution in [2.24, 2.45) is 4.99 Å². The highest BCUT2D eigenvalue weighted by Crippen LogP contribution is 2.38. The van der Waals surface area contributed by atoms with Crippen LogP contribution in [-0.4, -0.2) is 45.6 Å². The molecule has 0 bridgehead atoms. The van der Waals surface area contributed by atoms with E-state index in [0.717, 1.165) is 0 Å². The number of thiazole rings is 1. The van der Waals surface area contributed by atoms with E-state index in [4.69, 9.17) is 23.7 Å². The smallest absolute Gasteiger partial charge is 0.338 e. The second-order valence-electron chi connectivity index (χ2n) is 8.00. The van der Waals surface area contributed by atoms with E-state index in [1.54, 1.807) is 45.2 Å². The number of allylic oxidation sites excluding steroid dienone is 1. The SMILES string of the molecule is CCOC(=O)C1=C(C)N=c2s/c(=C\c3cc(OC)c(OC)c(OC)c3)c(=O)n2[C@H]1c1ccccc1OC. The zero-order valence-corrected chi connectivity index (χ0v) is 22.3. The summed E-state index contributed by atoms with van der Waals surface area (Å²) in [5, 5.41) is 0. The Morgan fingerprint density at radius 1 is 1.03 bits per heavy atom. The lowest BCUT2D eigenvalue weighted by Gasteiger charge is -2.25. The molecule has 9 nitrogen and oxygen atoms in total. The second kappa shape index (κ2) is 10.9. The number of fused-ring (bicyclic) bond motifs is 1. The highest BCUT2D eigenvalue weighted by atomic mass is 32.1. The van der Waals surface area contributed by atoms with Gasteiger partial charge in [-0.25, -0.2) is 9.79 Å². The number of hydrogen-bond acceptors (Lipinski definition) is 9. The molecule has 10 heteroatoms. The van der Waals surface area contributed by atoms with Gasteiger partial charge in [0.15, 0.2) is 16.3 Å². The zero-order chi connectivity index (χ0) is 26.7. The molecule has 2 heterocycles. The van der Waals surface area contributed by atoms with E-state index in [1.807, 2.05) is 18.2 Å². The Morgan fingerprint density at radius 3 is 2.27 bits per heavy atom. The molecule has 194 valence electrons. The molecule has 4 rings (SSSR count). The van der Waals surface area contributed by atoms with Crippen molar-refractivity contribution in [1.29, 1.82) is 0 Å². The van der Waals surface area contributed by atoms with Crippen LogP contribution in [0.1, 0.15) is 31.0 Å². The van der Waals surface area contributed by atoms with Crippen LogP contribution in [0.25, 0.3) is 6.08 Å². The first kappa shape index (κ1) is 26.0. The molecule has 1 atom stereocenters. The molecule has 0 radical (unpaired) electrons. The molecular weight excluding hydrogens is 496 g/mol. The number of aromatic nitrogens is 1. The van der Waals surface area contributed by atoms with Gasteiger partial charge in [-0.15, -0.1) is 0 Å². The number of benzene rings is 2. The monoisotopic (exact) mass is 524 g/mol. The number of ether oxygens (including phenoxy) is 5. The quantitative estimate of drug-likeness (QED) is 0.418. The highest BCUT2D eigenvalue weighted by molar-refractivity contribution is 7.07. The van der Waals surface area contributed by atoms with Gasteiger partial charge in [-0.2, -0.15) is 0 Å². The number of nitrogens with zero attached hydrogens (tertiary/aromatic N) is 2. The van der Waals surface area contributed by atoms with E-state index in [2.05, 4.69) is 4.99 Å². The van der Waals surface area contributed by atoms with Crippen molar-refractivity contribution in [1.82, 2.24) is 4.57 Å². The molecule has 1 aliphatic rings. The minimum absolute atomic E-state index is 0.194. The zero-order valence-electron chi connectivity index (χ0n) is 21.5. The number of hydrogen-bond donors (Lipinski definition) is 0. The summed E-state index contributed by atoms with van der Waals surface area (Å²) < 4.78 is 29.2. The summed E-state index contributed by atoms with van der Waals surface area (Å²) in [6.45, 7) is 3.67. The minimum atomic E-state index is -0.770. The summed E-state index contributed by atoms with van der Waals surface area (Å²) >= 11 is 1.22. The molecule has 0 saturated heterocycles. The van der Waals surface area contributed by atoms with Gasteiger partial charge in [-0.1, -0.05) is 29.5 Å². The average Bonchev–Trinajstić information content (AvgIpc) is 3.21. The normalized spacial score (nSPS) is 15.1. The molecule has 0 aliphatic carbocycles. The number of carbonyl (C=O) groups excluding carboxylic acids is 1. The molecule has 2 aromatic carbocycles. The maximum atomic E-state index is 13.8. The lowest BCUT2D eigenvalue weighted by molar-refractivity contribution is -0.139. The van der Waals surface area contributed by atoms with E-state index >= 15 is 0 Å². The third-order valence-electron chi connectivity index (χ3n) is 5.94. The maximum Gasteiger partial charge on any atom is 0.338 e. The van der Waals surface area contributed by atoms with Gasteiger partial charge in [-0.3, -0.25) is 9.36 Å². The number of rotatable bonds is 8. The molecule has 0 saturated carbocycles. The van der Waals surface area contributed by atoms with Gasteiger partial charge >= 0.3 is 5.97 Å². The summed E-state index contributed by atoms with van der Waals surface area (Å²) in [7, 11) is 6.14. The Bertz CT molecular complexity index is 1530. The van der Waals surface area contributed by atoms with Gasteiger partial charge in [0.25, 0.3) is 5.56 Å². The summed E-state index contributed by atoms with van der Waals surface area (Å²) in [6, 6.07) is 10.0. The predicted molar refractivity (Wildman–Crippen MR) is 139 cm³/mol. The number of esters is 1. The highest BCUT2D eigenvalue weighted by Gasteiger charge is 2.35. The molecule has 0 fully saturated rings. The van der Waals surface area contributed by atoms with Crippen LogP contribution < -0.4 is 33.8 Å². The summed E-state index contributed by atoms with van der Waals surface area (Å²) in [6.07, 6.45) is 1.73. The van der Waals surface area contributed by atoms with Crippen molar-refractivity contribution >= 4 is 23.4 Å². The Hall–Kier alpha value is -4.05. The largest absolute Gasteiger partial charge is 0.496 e. The van der Waals surface area contributed by atoms with Crippen molar-refractivity contribution in [3.8, 4) is 23.0 Å². The van der Waals surface area contributed by atoms with Crippen LogP contribution in [0.3, 0.4) is 0 Å². The van der Waals surface area contributed by atoms with Crippen LogP contribution in [0, 0.1) is 0 Å². The van der Waals surface area contributed by atoms with Crippen LogP contribution in [-0.2, 0) is 9.53 Å². The van der Waals surface area contributed by atoms with Crippen molar-refractivity contribution in [3.63, 3.8) is 0 Å². The third-order valence-corrected chi connectivity index (χ3v) is 6.92. The first-order valence-corrected chi connectivity index (χ1v) is 12.3. The van der Waals surface area contributed by atoms with Crippen LogP contribution in [0.15, 0.2) is 57.5 Å². The Morgan fingerprint density at radius 2 is 1.68 bits per heavy atom. The van der Waals surface area contributed by atoms with E-state index in [9.17, 15) is 9.59 Å². The first-order chi connectivity index (χ1) is 17.9. The van der Waals surface area contributed by atoms with E-state index in [1.165, 1.54) is 37.2 Å². The summed E-state index contributed by atoms with van der Waals surface area (Å²) in [4.78, 5) is 32.0.